The van der Waals surface area contributed by atoms with Gasteiger partial charge >= 0.3 is 5.69 Å². The van der Waals surface area contributed by atoms with E-state index in [2.05, 4.69) is 37.6 Å². The number of likely N-dealkylation sites (tertiary alicyclic amines) is 1. The van der Waals surface area contributed by atoms with Crippen LogP contribution in [0.4, 0.5) is 11.5 Å². The Bertz CT molecular complexity index is 1210. The summed E-state index contributed by atoms with van der Waals surface area (Å²) in [6.07, 6.45) is 6.06. The Hall–Kier alpha value is -3.69. The molecule has 10 heteroatoms. The van der Waals surface area contributed by atoms with Crippen molar-refractivity contribution < 1.29 is 4.79 Å². The maximum Gasteiger partial charge on any atom is 0.329 e. The SMILES string of the molecule is O=C(c1ncn[nH]1)N1CCC(Cn2c(=O)cc(Nc3ccc4c(c3)CCC4)[nH]c2=O)CC1. The number of hydrogen-bond acceptors (Lipinski definition) is 6. The number of piperidine rings is 1. The van der Waals surface area contributed by atoms with Crippen LogP contribution < -0.4 is 16.6 Å². The molecule has 0 spiro atoms. The molecule has 3 aromatic rings. The van der Waals surface area contributed by atoms with Crippen molar-refractivity contribution in [3.8, 4) is 0 Å². The van der Waals surface area contributed by atoms with Crippen molar-refractivity contribution in [1.82, 2.24) is 29.6 Å². The fourth-order valence-corrected chi connectivity index (χ4v) is 4.60. The fraction of sp³-hybridized carbons (Fsp3) is 0.409. The van der Waals surface area contributed by atoms with Crippen LogP contribution in [0.2, 0.25) is 0 Å². The van der Waals surface area contributed by atoms with Gasteiger partial charge in [-0.15, -0.1) is 0 Å². The molecule has 1 aromatic carbocycles. The van der Waals surface area contributed by atoms with E-state index in [4.69, 9.17) is 0 Å². The van der Waals surface area contributed by atoms with Gasteiger partial charge in [0.15, 0.2) is 0 Å². The quantitative estimate of drug-likeness (QED) is 0.556. The van der Waals surface area contributed by atoms with Crippen molar-refractivity contribution in [2.45, 2.75) is 38.6 Å². The van der Waals surface area contributed by atoms with E-state index in [9.17, 15) is 14.4 Å². The van der Waals surface area contributed by atoms with E-state index in [0.29, 0.717) is 38.3 Å². The molecule has 0 radical (unpaired) electrons. The lowest BCUT2D eigenvalue weighted by molar-refractivity contribution is 0.0670. The molecule has 1 aliphatic heterocycles. The highest BCUT2D eigenvalue weighted by molar-refractivity contribution is 5.90. The number of benzene rings is 1. The first-order valence-corrected chi connectivity index (χ1v) is 10.9. The molecule has 2 aliphatic rings. The lowest BCUT2D eigenvalue weighted by atomic mass is 9.96. The van der Waals surface area contributed by atoms with E-state index in [-0.39, 0.29) is 23.2 Å². The molecular formula is C22H25N7O3. The second-order valence-electron chi connectivity index (χ2n) is 8.47. The number of amides is 1. The molecule has 10 nitrogen and oxygen atoms in total. The molecule has 5 rings (SSSR count). The number of aromatic amines is 2. The van der Waals surface area contributed by atoms with Crippen LogP contribution in [0, 0.1) is 5.92 Å². The predicted molar refractivity (Wildman–Crippen MR) is 118 cm³/mol. The number of carbonyl (C=O) groups is 1. The van der Waals surface area contributed by atoms with Gasteiger partial charge in [-0.3, -0.25) is 24.2 Å². The Labute approximate surface area is 183 Å². The van der Waals surface area contributed by atoms with Crippen LogP contribution in [0.15, 0.2) is 40.2 Å². The molecule has 1 amide bonds. The van der Waals surface area contributed by atoms with Crippen LogP contribution in [0.3, 0.4) is 0 Å². The van der Waals surface area contributed by atoms with Gasteiger partial charge in [0, 0.05) is 31.4 Å². The largest absolute Gasteiger partial charge is 0.342 e. The minimum atomic E-state index is -0.429. The normalized spacial score (nSPS) is 16.2. The second-order valence-corrected chi connectivity index (χ2v) is 8.47. The third-order valence-corrected chi connectivity index (χ3v) is 6.36. The number of rotatable bonds is 5. The number of nitrogens with zero attached hydrogens (tertiary/aromatic N) is 4. The first kappa shape index (κ1) is 20.2. The van der Waals surface area contributed by atoms with Crippen molar-refractivity contribution in [2.24, 2.45) is 5.92 Å². The van der Waals surface area contributed by atoms with Crippen LogP contribution in [0.5, 0.6) is 0 Å². The number of carbonyl (C=O) groups excluding carboxylic acids is 1. The van der Waals surface area contributed by atoms with Crippen molar-refractivity contribution in [3.05, 3.63) is 68.4 Å². The summed E-state index contributed by atoms with van der Waals surface area (Å²) in [5.41, 5.74) is 2.79. The zero-order valence-corrected chi connectivity index (χ0v) is 17.6. The van der Waals surface area contributed by atoms with E-state index in [1.807, 2.05) is 6.07 Å². The highest BCUT2D eigenvalue weighted by atomic mass is 16.2. The number of fused-ring (bicyclic) bond motifs is 1. The Morgan fingerprint density at radius 2 is 1.94 bits per heavy atom. The summed E-state index contributed by atoms with van der Waals surface area (Å²) in [6.45, 7) is 1.43. The average molecular weight is 435 g/mol. The topological polar surface area (TPSA) is 129 Å². The Morgan fingerprint density at radius 3 is 2.69 bits per heavy atom. The molecule has 1 fully saturated rings. The number of aromatic nitrogens is 5. The summed E-state index contributed by atoms with van der Waals surface area (Å²) >= 11 is 0. The van der Waals surface area contributed by atoms with E-state index in [1.54, 1.807) is 4.90 Å². The Balaban J connectivity index is 1.23. The standard InChI is InChI=1S/C22H25N7O3/c30-19-11-18(25-17-5-4-15-2-1-3-16(15)10-17)26-22(32)29(19)12-14-6-8-28(9-7-14)21(31)20-23-13-24-27-20/h4-5,10-11,13-14,25H,1-3,6-9,12H2,(H,26,32)(H,23,24,27). The molecule has 3 heterocycles. The van der Waals surface area contributed by atoms with Gasteiger partial charge in [0.2, 0.25) is 5.82 Å². The van der Waals surface area contributed by atoms with E-state index in [0.717, 1.165) is 18.5 Å². The van der Waals surface area contributed by atoms with Crippen LogP contribution in [-0.4, -0.2) is 48.6 Å². The first-order valence-electron chi connectivity index (χ1n) is 10.9. The van der Waals surface area contributed by atoms with Gasteiger partial charge in [-0.1, -0.05) is 6.07 Å². The summed E-state index contributed by atoms with van der Waals surface area (Å²) in [6, 6.07) is 7.59. The van der Waals surface area contributed by atoms with Crippen molar-refractivity contribution in [1.29, 1.82) is 0 Å². The van der Waals surface area contributed by atoms with Gasteiger partial charge in [-0.05, 0) is 61.3 Å². The van der Waals surface area contributed by atoms with Gasteiger partial charge in [0.1, 0.15) is 12.1 Å². The van der Waals surface area contributed by atoms with Crippen LogP contribution in [0.1, 0.15) is 41.0 Å². The van der Waals surface area contributed by atoms with E-state index >= 15 is 0 Å². The molecule has 32 heavy (non-hydrogen) atoms. The number of hydrogen-bond donors (Lipinski definition) is 3. The molecule has 1 aliphatic carbocycles. The summed E-state index contributed by atoms with van der Waals surface area (Å²) in [4.78, 5) is 46.0. The molecule has 2 aromatic heterocycles. The molecule has 0 unspecified atom stereocenters. The summed E-state index contributed by atoms with van der Waals surface area (Å²) in [5.74, 6) is 0.574. The van der Waals surface area contributed by atoms with Crippen molar-refractivity contribution in [3.63, 3.8) is 0 Å². The Kier molecular flexibility index (Phi) is 5.34. The number of nitrogens with one attached hydrogen (secondary N) is 3. The second kappa shape index (κ2) is 8.45. The molecule has 3 N–H and O–H groups in total. The third-order valence-electron chi connectivity index (χ3n) is 6.36. The highest BCUT2D eigenvalue weighted by Gasteiger charge is 2.26. The molecule has 0 atom stereocenters. The van der Waals surface area contributed by atoms with Gasteiger partial charge < -0.3 is 10.2 Å². The molecule has 0 saturated carbocycles. The lowest BCUT2D eigenvalue weighted by Crippen LogP contribution is -2.42. The smallest absolute Gasteiger partial charge is 0.329 e. The molecule has 0 bridgehead atoms. The minimum Gasteiger partial charge on any atom is -0.342 e. The maximum absolute atomic E-state index is 12.7. The highest BCUT2D eigenvalue weighted by Crippen LogP contribution is 2.26. The van der Waals surface area contributed by atoms with Crippen molar-refractivity contribution >= 4 is 17.4 Å². The van der Waals surface area contributed by atoms with Gasteiger partial charge in [-0.2, -0.15) is 5.10 Å². The molecular weight excluding hydrogens is 410 g/mol. The lowest BCUT2D eigenvalue weighted by Gasteiger charge is -2.31. The summed E-state index contributed by atoms with van der Waals surface area (Å²) < 4.78 is 1.24. The van der Waals surface area contributed by atoms with Gasteiger partial charge in [0.05, 0.1) is 0 Å². The zero-order valence-electron chi connectivity index (χ0n) is 17.6. The van der Waals surface area contributed by atoms with Gasteiger partial charge in [-0.25, -0.2) is 9.78 Å². The van der Waals surface area contributed by atoms with Crippen LogP contribution in [-0.2, 0) is 19.4 Å². The van der Waals surface area contributed by atoms with Crippen LogP contribution in [0.25, 0.3) is 0 Å². The van der Waals surface area contributed by atoms with E-state index in [1.165, 1.54) is 34.5 Å². The maximum atomic E-state index is 12.7. The zero-order chi connectivity index (χ0) is 22.1. The first-order chi connectivity index (χ1) is 15.6. The summed E-state index contributed by atoms with van der Waals surface area (Å²) in [5, 5.41) is 9.45. The number of H-pyrrole nitrogens is 2. The number of anilines is 2. The number of aryl methyl sites for hydroxylation is 2. The van der Waals surface area contributed by atoms with E-state index < -0.39 is 5.69 Å². The third kappa shape index (κ3) is 4.08. The molecule has 166 valence electrons. The molecule has 1 saturated heterocycles. The average Bonchev–Trinajstić information content (AvgIpc) is 3.48. The summed E-state index contributed by atoms with van der Waals surface area (Å²) in [7, 11) is 0. The van der Waals surface area contributed by atoms with Crippen LogP contribution >= 0.6 is 0 Å². The monoisotopic (exact) mass is 435 g/mol. The van der Waals surface area contributed by atoms with Gasteiger partial charge in [0.25, 0.3) is 11.5 Å². The fourth-order valence-electron chi connectivity index (χ4n) is 4.60. The predicted octanol–water partition coefficient (Wildman–Crippen LogP) is 1.44. The van der Waals surface area contributed by atoms with Crippen molar-refractivity contribution in [2.75, 3.05) is 18.4 Å². The minimum absolute atomic E-state index is 0.142. The Morgan fingerprint density at radius 1 is 1.12 bits per heavy atom.